The molecule has 17 heavy (non-hydrogen) atoms. The van der Waals surface area contributed by atoms with E-state index in [1.807, 2.05) is 12.1 Å². The van der Waals surface area contributed by atoms with E-state index >= 15 is 0 Å². The van der Waals surface area contributed by atoms with E-state index in [-0.39, 0.29) is 12.5 Å². The van der Waals surface area contributed by atoms with Crippen LogP contribution in [0.5, 0.6) is 5.75 Å². The van der Waals surface area contributed by atoms with E-state index in [0.717, 1.165) is 0 Å². The summed E-state index contributed by atoms with van der Waals surface area (Å²) in [5.74, 6) is 1.20. The summed E-state index contributed by atoms with van der Waals surface area (Å²) in [6, 6.07) is 7.23. The van der Waals surface area contributed by atoms with Gasteiger partial charge in [-0.15, -0.1) is 0 Å². The van der Waals surface area contributed by atoms with Crippen LogP contribution in [-0.4, -0.2) is 23.3 Å². The van der Waals surface area contributed by atoms with Gasteiger partial charge in [-0.1, -0.05) is 0 Å². The monoisotopic (exact) mass is 297 g/mol. The predicted octanol–water partition coefficient (Wildman–Crippen LogP) is 2.59. The zero-order valence-corrected chi connectivity index (χ0v) is 10.6. The second-order valence-electron chi connectivity index (χ2n) is 3.52. The Bertz CT molecular complexity index is 458. The van der Waals surface area contributed by atoms with Crippen LogP contribution in [0.3, 0.4) is 0 Å². The van der Waals surface area contributed by atoms with Crippen molar-refractivity contribution in [3.63, 3.8) is 0 Å². The van der Waals surface area contributed by atoms with Crippen LogP contribution in [0.1, 0.15) is 11.7 Å². The maximum atomic E-state index is 9.30. The van der Waals surface area contributed by atoms with Gasteiger partial charge in [0.1, 0.15) is 18.1 Å². The molecule has 1 unspecified atom stereocenters. The largest absolute Gasteiger partial charge is 0.491 e. The van der Waals surface area contributed by atoms with Crippen LogP contribution < -0.4 is 4.74 Å². The summed E-state index contributed by atoms with van der Waals surface area (Å²) >= 11 is 3.23. The lowest BCUT2D eigenvalue weighted by atomic mass is 10.1. The van der Waals surface area contributed by atoms with E-state index < -0.39 is 0 Å². The molecule has 0 aliphatic rings. The van der Waals surface area contributed by atoms with Crippen LogP contribution >= 0.6 is 15.9 Å². The normalized spacial score (nSPS) is 12.4. The number of pyridine rings is 1. The third-order valence-corrected chi connectivity index (χ3v) is 2.73. The number of furan rings is 1. The summed E-state index contributed by atoms with van der Waals surface area (Å²) in [6.07, 6.45) is 3.31. The van der Waals surface area contributed by atoms with Crippen LogP contribution in [-0.2, 0) is 0 Å². The van der Waals surface area contributed by atoms with Crippen molar-refractivity contribution in [1.82, 2.24) is 4.98 Å². The highest BCUT2D eigenvalue weighted by atomic mass is 79.9. The van der Waals surface area contributed by atoms with Gasteiger partial charge in [0.25, 0.3) is 0 Å². The summed E-state index contributed by atoms with van der Waals surface area (Å²) < 4.78 is 11.6. The molecular weight excluding hydrogens is 286 g/mol. The average Bonchev–Trinajstić information content (AvgIpc) is 2.78. The van der Waals surface area contributed by atoms with E-state index in [1.54, 1.807) is 24.5 Å². The fourth-order valence-electron chi connectivity index (χ4n) is 1.40. The molecule has 1 N–H and O–H groups in total. The highest BCUT2D eigenvalue weighted by Gasteiger charge is 2.15. The smallest absolute Gasteiger partial charge is 0.169 e. The number of rotatable bonds is 5. The van der Waals surface area contributed by atoms with Gasteiger partial charge in [0.2, 0.25) is 0 Å². The van der Waals surface area contributed by atoms with Gasteiger partial charge in [-0.3, -0.25) is 4.98 Å². The molecule has 90 valence electrons. The van der Waals surface area contributed by atoms with Crippen molar-refractivity contribution < 1.29 is 14.3 Å². The molecule has 0 radical (unpaired) electrons. The fraction of sp³-hybridized carbons (Fsp3) is 0.250. The third kappa shape index (κ3) is 3.31. The van der Waals surface area contributed by atoms with Gasteiger partial charge < -0.3 is 14.3 Å². The number of hydrogen-bond acceptors (Lipinski definition) is 4. The third-order valence-electron chi connectivity index (χ3n) is 2.30. The molecule has 0 spiro atoms. The molecule has 1 atom stereocenters. The molecule has 2 rings (SSSR count). The molecular formula is C12H12BrNO3. The molecule has 0 aliphatic carbocycles. The Hall–Kier alpha value is -1.33. The van der Waals surface area contributed by atoms with Crippen molar-refractivity contribution in [3.05, 3.63) is 47.1 Å². The van der Waals surface area contributed by atoms with Crippen molar-refractivity contribution in [3.8, 4) is 5.75 Å². The van der Waals surface area contributed by atoms with Crippen molar-refractivity contribution >= 4 is 15.9 Å². The standard InChI is InChI=1S/C12H12BrNO3/c13-12-4-3-11(17-12)9(7-15)8-16-10-2-1-5-14-6-10/h1-6,9,15H,7-8H2. The predicted molar refractivity (Wildman–Crippen MR) is 66.0 cm³/mol. The van der Waals surface area contributed by atoms with Gasteiger partial charge in [-0.2, -0.15) is 0 Å². The Labute approximate surface area is 107 Å². The molecule has 2 heterocycles. The Kier molecular flexibility index (Phi) is 4.17. The first-order valence-electron chi connectivity index (χ1n) is 5.18. The second-order valence-corrected chi connectivity index (χ2v) is 4.30. The molecule has 4 nitrogen and oxygen atoms in total. The zero-order chi connectivity index (χ0) is 12.1. The Balaban J connectivity index is 1.97. The van der Waals surface area contributed by atoms with Crippen LogP contribution in [0.15, 0.2) is 45.7 Å². The lowest BCUT2D eigenvalue weighted by Crippen LogP contribution is -2.13. The summed E-state index contributed by atoms with van der Waals surface area (Å²) in [5, 5.41) is 9.30. The number of aliphatic hydroxyl groups excluding tert-OH is 1. The highest BCUT2D eigenvalue weighted by Crippen LogP contribution is 2.22. The number of nitrogens with zero attached hydrogens (tertiary/aromatic N) is 1. The quantitative estimate of drug-likeness (QED) is 0.922. The molecule has 0 aromatic carbocycles. The van der Waals surface area contributed by atoms with Gasteiger partial charge in [0.15, 0.2) is 4.67 Å². The molecule has 5 heteroatoms. The first-order chi connectivity index (χ1) is 8.29. The zero-order valence-electron chi connectivity index (χ0n) is 9.04. The van der Waals surface area contributed by atoms with Crippen LogP contribution in [0.2, 0.25) is 0 Å². The number of aliphatic hydroxyl groups is 1. The molecule has 0 amide bonds. The van der Waals surface area contributed by atoms with Crippen molar-refractivity contribution in [2.45, 2.75) is 5.92 Å². The molecule has 0 bridgehead atoms. The van der Waals surface area contributed by atoms with E-state index in [0.29, 0.717) is 22.8 Å². The SMILES string of the molecule is OCC(COc1cccnc1)c1ccc(Br)o1. The maximum absolute atomic E-state index is 9.30. The Morgan fingerprint density at radius 2 is 2.29 bits per heavy atom. The number of halogens is 1. The first-order valence-corrected chi connectivity index (χ1v) is 5.98. The second kappa shape index (κ2) is 5.84. The van der Waals surface area contributed by atoms with E-state index in [1.165, 1.54) is 0 Å². The van der Waals surface area contributed by atoms with Gasteiger partial charge in [-0.05, 0) is 40.2 Å². The van der Waals surface area contributed by atoms with Crippen molar-refractivity contribution in [2.75, 3.05) is 13.2 Å². The topological polar surface area (TPSA) is 55.5 Å². The minimum Gasteiger partial charge on any atom is -0.491 e. The molecule has 2 aromatic heterocycles. The molecule has 0 saturated heterocycles. The number of aromatic nitrogens is 1. The minimum absolute atomic E-state index is 0.0276. The highest BCUT2D eigenvalue weighted by molar-refractivity contribution is 9.10. The Morgan fingerprint density at radius 1 is 1.41 bits per heavy atom. The van der Waals surface area contributed by atoms with Crippen molar-refractivity contribution in [1.29, 1.82) is 0 Å². The first kappa shape index (κ1) is 12.1. The van der Waals surface area contributed by atoms with E-state index in [4.69, 9.17) is 9.15 Å². The summed E-state index contributed by atoms with van der Waals surface area (Å²) in [6.45, 7) is 0.322. The van der Waals surface area contributed by atoms with E-state index in [2.05, 4.69) is 20.9 Å². The molecule has 2 aromatic rings. The van der Waals surface area contributed by atoms with Gasteiger partial charge in [-0.25, -0.2) is 0 Å². The number of hydrogen-bond donors (Lipinski definition) is 1. The molecule has 0 saturated carbocycles. The minimum atomic E-state index is -0.179. The lowest BCUT2D eigenvalue weighted by Gasteiger charge is -2.12. The molecule has 0 aliphatic heterocycles. The van der Waals surface area contributed by atoms with Gasteiger partial charge in [0, 0.05) is 6.20 Å². The van der Waals surface area contributed by atoms with Gasteiger partial charge >= 0.3 is 0 Å². The summed E-state index contributed by atoms with van der Waals surface area (Å²) in [5.41, 5.74) is 0. The van der Waals surface area contributed by atoms with Gasteiger partial charge in [0.05, 0.1) is 18.7 Å². The summed E-state index contributed by atoms with van der Waals surface area (Å²) in [7, 11) is 0. The van der Waals surface area contributed by atoms with Crippen molar-refractivity contribution in [2.24, 2.45) is 0 Å². The molecule has 0 fully saturated rings. The summed E-state index contributed by atoms with van der Waals surface area (Å²) in [4.78, 5) is 3.95. The lowest BCUT2D eigenvalue weighted by molar-refractivity contribution is 0.189. The Morgan fingerprint density at radius 3 is 2.88 bits per heavy atom. The maximum Gasteiger partial charge on any atom is 0.169 e. The average molecular weight is 298 g/mol. The van der Waals surface area contributed by atoms with Crippen LogP contribution in [0.25, 0.3) is 0 Å². The van der Waals surface area contributed by atoms with E-state index in [9.17, 15) is 5.11 Å². The van der Waals surface area contributed by atoms with Crippen LogP contribution in [0, 0.1) is 0 Å². The number of ether oxygens (including phenoxy) is 1. The fourth-order valence-corrected chi connectivity index (χ4v) is 1.72. The van der Waals surface area contributed by atoms with Crippen LogP contribution in [0.4, 0.5) is 0 Å².